The molecule has 0 aromatic heterocycles. The van der Waals surface area contributed by atoms with Crippen LogP contribution in [0.3, 0.4) is 0 Å². The van der Waals surface area contributed by atoms with Crippen molar-refractivity contribution in [1.82, 2.24) is 0 Å². The van der Waals surface area contributed by atoms with E-state index in [1.807, 2.05) is 72.8 Å². The number of carbonyl (C=O) groups is 1. The van der Waals surface area contributed by atoms with Gasteiger partial charge in [0, 0.05) is 24.1 Å². The smallest absolute Gasteiger partial charge is 0.130 e. The van der Waals surface area contributed by atoms with E-state index in [0.29, 0.717) is 44.2 Å². The fraction of sp³-hybridized carbons (Fsp3) is 0.321. The summed E-state index contributed by atoms with van der Waals surface area (Å²) in [6.07, 6.45) is 2.25. The van der Waals surface area contributed by atoms with E-state index in [-0.39, 0.29) is 12.0 Å². The second kappa shape index (κ2) is 11.5. The van der Waals surface area contributed by atoms with Gasteiger partial charge in [0.25, 0.3) is 0 Å². The summed E-state index contributed by atoms with van der Waals surface area (Å²) in [6, 6.07) is 23.9. The van der Waals surface area contributed by atoms with Gasteiger partial charge in [-0.2, -0.15) is 0 Å². The number of rotatable bonds is 13. The summed E-state index contributed by atoms with van der Waals surface area (Å²) in [5, 5.41) is 0. The number of epoxide rings is 1. The molecule has 0 bridgehead atoms. The molecule has 0 radical (unpaired) electrons. The summed E-state index contributed by atoms with van der Waals surface area (Å²) >= 11 is 0. The van der Waals surface area contributed by atoms with Crippen LogP contribution in [0.4, 0.5) is 0 Å². The Balaban J connectivity index is 1.61. The molecule has 1 heterocycles. The average Bonchev–Trinajstić information content (AvgIpc) is 3.67. The van der Waals surface area contributed by atoms with Crippen LogP contribution < -0.4 is 14.2 Å². The first-order valence-electron chi connectivity index (χ1n) is 11.4. The fourth-order valence-corrected chi connectivity index (χ4v) is 3.56. The van der Waals surface area contributed by atoms with Crippen LogP contribution in [0.2, 0.25) is 0 Å². The highest BCUT2D eigenvalue weighted by Crippen LogP contribution is 2.37. The van der Waals surface area contributed by atoms with E-state index < -0.39 is 0 Å². The fourth-order valence-electron chi connectivity index (χ4n) is 3.56. The Labute approximate surface area is 195 Å². The molecular formula is C28H30O5. The Morgan fingerprint density at radius 1 is 0.909 bits per heavy atom. The molecule has 3 aromatic rings. The Bertz CT molecular complexity index is 1020. The summed E-state index contributed by atoms with van der Waals surface area (Å²) in [4.78, 5) is 11.1. The molecule has 0 aliphatic carbocycles. The maximum Gasteiger partial charge on any atom is 0.130 e. The molecule has 1 aliphatic rings. The van der Waals surface area contributed by atoms with Gasteiger partial charge < -0.3 is 23.7 Å². The van der Waals surface area contributed by atoms with E-state index in [2.05, 4.69) is 6.92 Å². The molecule has 0 spiro atoms. The van der Waals surface area contributed by atoms with Crippen LogP contribution in [0.25, 0.3) is 0 Å². The highest BCUT2D eigenvalue weighted by atomic mass is 16.6. The number of ether oxygens (including phenoxy) is 4. The van der Waals surface area contributed by atoms with E-state index in [0.717, 1.165) is 35.3 Å². The minimum atomic E-state index is 0.132. The summed E-state index contributed by atoms with van der Waals surface area (Å²) in [6.45, 7) is 4.14. The number of carbonyl (C=O) groups excluding carboxylic acids is 1. The summed E-state index contributed by atoms with van der Waals surface area (Å²) < 4.78 is 23.9. The van der Waals surface area contributed by atoms with Crippen LogP contribution >= 0.6 is 0 Å². The molecule has 5 heteroatoms. The van der Waals surface area contributed by atoms with E-state index in [4.69, 9.17) is 18.9 Å². The van der Waals surface area contributed by atoms with Crippen molar-refractivity contribution in [2.45, 2.75) is 39.1 Å². The maximum absolute atomic E-state index is 11.1. The third-order valence-electron chi connectivity index (χ3n) is 5.51. The van der Waals surface area contributed by atoms with Crippen LogP contribution in [-0.2, 0) is 29.2 Å². The van der Waals surface area contributed by atoms with Crippen molar-refractivity contribution < 1.29 is 23.7 Å². The highest BCUT2D eigenvalue weighted by molar-refractivity contribution is 5.53. The van der Waals surface area contributed by atoms with Gasteiger partial charge in [0.1, 0.15) is 49.5 Å². The summed E-state index contributed by atoms with van der Waals surface area (Å²) in [7, 11) is 0. The zero-order valence-corrected chi connectivity index (χ0v) is 18.9. The van der Waals surface area contributed by atoms with Gasteiger partial charge in [-0.25, -0.2) is 0 Å². The predicted octanol–water partition coefficient (Wildman–Crippen LogP) is 5.39. The normalized spacial score (nSPS) is 15.5. The lowest BCUT2D eigenvalue weighted by Crippen LogP contribution is -2.10. The molecule has 1 aliphatic heterocycles. The lowest BCUT2D eigenvalue weighted by atomic mass is 9.97. The molecule has 33 heavy (non-hydrogen) atoms. The van der Waals surface area contributed by atoms with Crippen molar-refractivity contribution >= 4 is 6.29 Å². The first-order chi connectivity index (χ1) is 16.2. The second-order valence-corrected chi connectivity index (χ2v) is 8.42. The minimum absolute atomic E-state index is 0.132. The largest absolute Gasteiger partial charge is 0.490 e. The average molecular weight is 447 g/mol. The van der Waals surface area contributed by atoms with Crippen LogP contribution in [0, 0.1) is 5.92 Å². The van der Waals surface area contributed by atoms with Crippen molar-refractivity contribution in [3.63, 3.8) is 0 Å². The maximum atomic E-state index is 11.1. The van der Waals surface area contributed by atoms with E-state index in [9.17, 15) is 4.79 Å². The first-order valence-corrected chi connectivity index (χ1v) is 11.4. The van der Waals surface area contributed by atoms with Crippen molar-refractivity contribution in [3.05, 3.63) is 89.5 Å². The van der Waals surface area contributed by atoms with Crippen LogP contribution in [0.1, 0.15) is 30.0 Å². The number of hydrogen-bond donors (Lipinski definition) is 0. The molecule has 2 atom stereocenters. The van der Waals surface area contributed by atoms with Crippen LogP contribution in [-0.4, -0.2) is 25.6 Å². The molecule has 1 saturated heterocycles. The van der Waals surface area contributed by atoms with Gasteiger partial charge in [0.2, 0.25) is 0 Å². The minimum Gasteiger partial charge on any atom is -0.490 e. The Hall–Kier alpha value is -3.31. The topological polar surface area (TPSA) is 57.3 Å². The lowest BCUT2D eigenvalue weighted by Gasteiger charge is -2.20. The molecule has 3 aromatic carbocycles. The van der Waals surface area contributed by atoms with Crippen molar-refractivity contribution in [1.29, 1.82) is 0 Å². The lowest BCUT2D eigenvalue weighted by molar-refractivity contribution is -0.108. The van der Waals surface area contributed by atoms with E-state index in [1.54, 1.807) is 0 Å². The molecule has 4 rings (SSSR count). The molecule has 5 nitrogen and oxygen atoms in total. The molecule has 172 valence electrons. The highest BCUT2D eigenvalue weighted by Gasteiger charge is 2.25. The first kappa shape index (κ1) is 22.9. The Morgan fingerprint density at radius 3 is 2.06 bits per heavy atom. The summed E-state index contributed by atoms with van der Waals surface area (Å²) in [5.74, 6) is 2.28. The zero-order valence-electron chi connectivity index (χ0n) is 18.9. The standard InChI is InChI=1S/C28H30O5/c1-21(12-13-29)14-26-27(32-18-23-10-6-3-7-11-23)15-24(16-28(26)33-20-25-19-31-25)30-17-22-8-4-2-5-9-22/h2-11,13,15-16,21,25H,12,14,17-20H2,1H3. The van der Waals surface area contributed by atoms with Gasteiger partial charge in [-0.05, 0) is 23.5 Å². The Kier molecular flexibility index (Phi) is 7.99. The molecular weight excluding hydrogens is 416 g/mol. The molecule has 1 fully saturated rings. The van der Waals surface area contributed by atoms with Crippen LogP contribution in [0.15, 0.2) is 72.8 Å². The monoisotopic (exact) mass is 446 g/mol. The number of aldehydes is 1. The van der Waals surface area contributed by atoms with Crippen molar-refractivity contribution in [2.24, 2.45) is 5.92 Å². The van der Waals surface area contributed by atoms with E-state index >= 15 is 0 Å². The van der Waals surface area contributed by atoms with E-state index in [1.165, 1.54) is 0 Å². The summed E-state index contributed by atoms with van der Waals surface area (Å²) in [5.41, 5.74) is 3.11. The molecule has 0 saturated carbocycles. The second-order valence-electron chi connectivity index (χ2n) is 8.42. The third-order valence-corrected chi connectivity index (χ3v) is 5.51. The van der Waals surface area contributed by atoms with Gasteiger partial charge >= 0.3 is 0 Å². The Morgan fingerprint density at radius 2 is 1.48 bits per heavy atom. The number of hydrogen-bond acceptors (Lipinski definition) is 5. The number of benzene rings is 3. The van der Waals surface area contributed by atoms with Gasteiger partial charge in [-0.1, -0.05) is 67.6 Å². The van der Waals surface area contributed by atoms with Crippen molar-refractivity contribution in [3.8, 4) is 17.2 Å². The quantitative estimate of drug-likeness (QED) is 0.260. The third kappa shape index (κ3) is 7.09. The van der Waals surface area contributed by atoms with Gasteiger partial charge in [0.15, 0.2) is 0 Å². The van der Waals surface area contributed by atoms with Gasteiger partial charge in [-0.3, -0.25) is 0 Å². The van der Waals surface area contributed by atoms with Gasteiger partial charge in [0.05, 0.1) is 6.61 Å². The SMILES string of the molecule is CC(CC=O)Cc1c(OCc2ccccc2)cc(OCc2ccccc2)cc1OCC1CO1. The molecule has 0 amide bonds. The van der Waals surface area contributed by atoms with Crippen molar-refractivity contribution in [2.75, 3.05) is 13.2 Å². The van der Waals surface area contributed by atoms with Crippen LogP contribution in [0.5, 0.6) is 17.2 Å². The van der Waals surface area contributed by atoms with Gasteiger partial charge in [-0.15, -0.1) is 0 Å². The molecule has 0 N–H and O–H groups in total. The zero-order chi connectivity index (χ0) is 22.9. The molecule has 2 unspecified atom stereocenters. The predicted molar refractivity (Wildman–Crippen MR) is 127 cm³/mol.